The van der Waals surface area contributed by atoms with Crippen LogP contribution >= 0.6 is 0 Å². The van der Waals surface area contributed by atoms with E-state index in [1.807, 2.05) is 49.5 Å². The van der Waals surface area contributed by atoms with Gasteiger partial charge in [0.25, 0.3) is 5.91 Å². The molecule has 1 saturated carbocycles. The first-order valence-electron chi connectivity index (χ1n) is 11.6. The SMILES string of the molecule is Cc1ccc(Oc2cccc(C=C3CCC(NC(=O)C4=CC5CC=NC5N=C4)CC3)c2)nc1. The second-order valence-electron chi connectivity index (χ2n) is 8.94. The number of allylic oxidation sites excluding steroid dienone is 1. The number of carbonyl (C=O) groups excluding carboxylic acids is 1. The van der Waals surface area contributed by atoms with E-state index in [1.54, 1.807) is 12.4 Å². The van der Waals surface area contributed by atoms with Crippen molar-refractivity contribution in [2.45, 2.75) is 51.2 Å². The molecule has 1 amide bonds. The number of aryl methyl sites for hydroxylation is 1. The molecule has 168 valence electrons. The van der Waals surface area contributed by atoms with Crippen LogP contribution in [0.2, 0.25) is 0 Å². The highest BCUT2D eigenvalue weighted by Gasteiger charge is 2.27. The first-order valence-corrected chi connectivity index (χ1v) is 11.6. The number of nitrogens with one attached hydrogen (secondary N) is 1. The van der Waals surface area contributed by atoms with Crippen LogP contribution in [0.4, 0.5) is 0 Å². The zero-order valence-corrected chi connectivity index (χ0v) is 18.8. The molecule has 1 aliphatic carbocycles. The number of nitrogens with zero attached hydrogens (tertiary/aromatic N) is 3. The van der Waals surface area contributed by atoms with Gasteiger partial charge in [-0.2, -0.15) is 0 Å². The van der Waals surface area contributed by atoms with E-state index in [-0.39, 0.29) is 24.0 Å². The highest BCUT2D eigenvalue weighted by Crippen LogP contribution is 2.28. The number of dihydropyridines is 1. The Morgan fingerprint density at radius 1 is 1.15 bits per heavy atom. The molecule has 2 unspecified atom stereocenters. The summed E-state index contributed by atoms with van der Waals surface area (Å²) in [5.41, 5.74) is 4.29. The topological polar surface area (TPSA) is 75.9 Å². The van der Waals surface area contributed by atoms with Crippen LogP contribution in [0.5, 0.6) is 11.6 Å². The Morgan fingerprint density at radius 3 is 2.85 bits per heavy atom. The van der Waals surface area contributed by atoms with Crippen LogP contribution in [0.3, 0.4) is 0 Å². The van der Waals surface area contributed by atoms with E-state index in [9.17, 15) is 4.79 Å². The summed E-state index contributed by atoms with van der Waals surface area (Å²) < 4.78 is 5.90. The minimum Gasteiger partial charge on any atom is -0.439 e. The van der Waals surface area contributed by atoms with E-state index in [2.05, 4.69) is 32.4 Å². The molecule has 1 N–H and O–H groups in total. The number of rotatable bonds is 5. The maximum absolute atomic E-state index is 12.7. The monoisotopic (exact) mass is 440 g/mol. The normalized spacial score (nSPS) is 23.6. The highest BCUT2D eigenvalue weighted by molar-refractivity contribution is 6.12. The zero-order valence-electron chi connectivity index (χ0n) is 18.8. The van der Waals surface area contributed by atoms with Crippen LogP contribution in [0.25, 0.3) is 6.08 Å². The highest BCUT2D eigenvalue weighted by atomic mass is 16.5. The predicted octanol–water partition coefficient (Wildman–Crippen LogP) is 5.05. The van der Waals surface area contributed by atoms with Gasteiger partial charge in [-0.3, -0.25) is 14.8 Å². The van der Waals surface area contributed by atoms with Gasteiger partial charge >= 0.3 is 0 Å². The Hall–Kier alpha value is -3.54. The third-order valence-corrected chi connectivity index (χ3v) is 6.34. The van der Waals surface area contributed by atoms with Crippen molar-refractivity contribution in [3.05, 3.63) is 70.9 Å². The largest absolute Gasteiger partial charge is 0.439 e. The smallest absolute Gasteiger partial charge is 0.252 e. The molecule has 1 fully saturated rings. The lowest BCUT2D eigenvalue weighted by atomic mass is 9.89. The summed E-state index contributed by atoms with van der Waals surface area (Å²) >= 11 is 0. The van der Waals surface area contributed by atoms with E-state index in [1.165, 1.54) is 5.57 Å². The summed E-state index contributed by atoms with van der Waals surface area (Å²) in [5, 5.41) is 3.20. The van der Waals surface area contributed by atoms with Crippen molar-refractivity contribution >= 4 is 24.4 Å². The summed E-state index contributed by atoms with van der Waals surface area (Å²) in [6.07, 6.45) is 14.3. The lowest BCUT2D eigenvalue weighted by Gasteiger charge is -2.26. The maximum Gasteiger partial charge on any atom is 0.252 e. The molecule has 2 atom stereocenters. The van der Waals surface area contributed by atoms with E-state index >= 15 is 0 Å². The van der Waals surface area contributed by atoms with Crippen molar-refractivity contribution in [2.24, 2.45) is 15.9 Å². The number of hydrogen-bond acceptors (Lipinski definition) is 5. The standard InChI is InChI=1S/C27H28N4O2/c1-18-5-10-25(29-16-18)33-24-4-2-3-20(14-24)13-19-6-8-23(9-7-19)31-27(32)22-15-21-11-12-28-26(21)30-17-22/h2-5,10,12-17,21,23,26H,6-9,11H2,1H3,(H,31,32). The second kappa shape index (κ2) is 9.53. The first-order chi connectivity index (χ1) is 16.1. The lowest BCUT2D eigenvalue weighted by molar-refractivity contribution is -0.117. The molecule has 5 rings (SSSR count). The van der Waals surface area contributed by atoms with Gasteiger partial charge in [0.15, 0.2) is 0 Å². The Morgan fingerprint density at radius 2 is 2.03 bits per heavy atom. The Kier molecular flexibility index (Phi) is 6.15. The molecule has 2 aliphatic heterocycles. The van der Waals surface area contributed by atoms with Crippen LogP contribution in [-0.2, 0) is 4.79 Å². The molecule has 2 aromatic rings. The average Bonchev–Trinajstić information content (AvgIpc) is 3.30. The van der Waals surface area contributed by atoms with Crippen molar-refractivity contribution in [3.63, 3.8) is 0 Å². The van der Waals surface area contributed by atoms with Crippen LogP contribution in [0.15, 0.2) is 69.8 Å². The third kappa shape index (κ3) is 5.28. The van der Waals surface area contributed by atoms with Crippen LogP contribution in [-0.4, -0.2) is 35.5 Å². The van der Waals surface area contributed by atoms with Gasteiger partial charge in [-0.15, -0.1) is 0 Å². The Labute approximate surface area is 194 Å². The lowest BCUT2D eigenvalue weighted by Crippen LogP contribution is -2.38. The van der Waals surface area contributed by atoms with Gasteiger partial charge < -0.3 is 10.1 Å². The number of aliphatic imine (C=N–C) groups is 2. The van der Waals surface area contributed by atoms with E-state index < -0.39 is 0 Å². The van der Waals surface area contributed by atoms with Crippen molar-refractivity contribution in [1.29, 1.82) is 0 Å². The minimum atomic E-state index is -0.0269. The summed E-state index contributed by atoms with van der Waals surface area (Å²) in [5.74, 6) is 1.59. The summed E-state index contributed by atoms with van der Waals surface area (Å²) in [6, 6.07) is 12.1. The van der Waals surface area contributed by atoms with Crippen LogP contribution in [0, 0.1) is 12.8 Å². The molecule has 1 aromatic heterocycles. The fourth-order valence-corrected chi connectivity index (χ4v) is 4.48. The molecule has 3 heterocycles. The van der Waals surface area contributed by atoms with Crippen molar-refractivity contribution in [2.75, 3.05) is 0 Å². The summed E-state index contributed by atoms with van der Waals surface area (Å²) in [7, 11) is 0. The van der Waals surface area contributed by atoms with E-state index in [0.717, 1.165) is 49.0 Å². The van der Waals surface area contributed by atoms with Crippen LogP contribution < -0.4 is 10.1 Å². The molecule has 6 heteroatoms. The van der Waals surface area contributed by atoms with Gasteiger partial charge in [0.2, 0.25) is 5.88 Å². The second-order valence-corrected chi connectivity index (χ2v) is 8.94. The minimum absolute atomic E-state index is 0.0175. The van der Waals surface area contributed by atoms with Gasteiger partial charge in [0, 0.05) is 36.7 Å². The number of benzene rings is 1. The summed E-state index contributed by atoms with van der Waals surface area (Å²) in [6.45, 7) is 2.01. The van der Waals surface area contributed by atoms with Crippen molar-refractivity contribution in [3.8, 4) is 11.6 Å². The van der Waals surface area contributed by atoms with E-state index in [4.69, 9.17) is 4.74 Å². The molecule has 0 radical (unpaired) electrons. The quantitative estimate of drug-likeness (QED) is 0.707. The van der Waals surface area contributed by atoms with Gasteiger partial charge in [0.1, 0.15) is 11.9 Å². The number of carbonyl (C=O) groups is 1. The molecule has 0 bridgehead atoms. The van der Waals surface area contributed by atoms with Gasteiger partial charge in [0.05, 0.1) is 5.57 Å². The van der Waals surface area contributed by atoms with Gasteiger partial charge in [-0.25, -0.2) is 4.98 Å². The number of amides is 1. The molecular formula is C27H28N4O2. The fraction of sp³-hybridized carbons (Fsp3) is 0.333. The zero-order chi connectivity index (χ0) is 22.6. The Bertz CT molecular complexity index is 1140. The molecule has 33 heavy (non-hydrogen) atoms. The van der Waals surface area contributed by atoms with Crippen LogP contribution in [0.1, 0.15) is 43.2 Å². The molecular weight excluding hydrogens is 412 g/mol. The molecule has 6 nitrogen and oxygen atoms in total. The maximum atomic E-state index is 12.7. The number of fused-ring (bicyclic) bond motifs is 1. The number of ether oxygens (including phenoxy) is 1. The number of hydrogen-bond donors (Lipinski definition) is 1. The number of aromatic nitrogens is 1. The fourth-order valence-electron chi connectivity index (χ4n) is 4.48. The molecule has 0 saturated heterocycles. The van der Waals surface area contributed by atoms with Crippen molar-refractivity contribution < 1.29 is 9.53 Å². The average molecular weight is 441 g/mol. The molecule has 3 aliphatic rings. The van der Waals surface area contributed by atoms with Gasteiger partial charge in [-0.05, 0) is 62.3 Å². The summed E-state index contributed by atoms with van der Waals surface area (Å²) in [4.78, 5) is 25.7. The molecule has 0 spiro atoms. The Balaban J connectivity index is 1.15. The molecule has 1 aromatic carbocycles. The number of pyridine rings is 1. The van der Waals surface area contributed by atoms with Crippen molar-refractivity contribution in [1.82, 2.24) is 10.3 Å². The first kappa shape index (κ1) is 21.3. The van der Waals surface area contributed by atoms with Gasteiger partial charge in [-0.1, -0.05) is 35.9 Å². The van der Waals surface area contributed by atoms with E-state index in [0.29, 0.717) is 11.5 Å². The predicted molar refractivity (Wildman–Crippen MR) is 131 cm³/mol. The third-order valence-electron chi connectivity index (χ3n) is 6.34.